The van der Waals surface area contributed by atoms with E-state index in [0.29, 0.717) is 17.2 Å². The zero-order valence-electron chi connectivity index (χ0n) is 13.1. The fraction of sp³-hybridized carbons (Fsp3) is 0.0500. The molecule has 0 heterocycles. The van der Waals surface area contributed by atoms with Crippen molar-refractivity contribution in [1.82, 2.24) is 0 Å². The first kappa shape index (κ1) is 15.7. The van der Waals surface area contributed by atoms with E-state index in [1.54, 1.807) is 30.3 Å². The van der Waals surface area contributed by atoms with E-state index in [-0.39, 0.29) is 11.5 Å². The van der Waals surface area contributed by atoms with Gasteiger partial charge in [0, 0.05) is 17.3 Å². The molecule has 3 nitrogen and oxygen atoms in total. The number of carbonyl (C=O) groups is 1. The summed E-state index contributed by atoms with van der Waals surface area (Å²) in [5, 5.41) is 2.74. The van der Waals surface area contributed by atoms with Crippen LogP contribution >= 0.6 is 0 Å². The Morgan fingerprint density at radius 3 is 2.42 bits per heavy atom. The van der Waals surface area contributed by atoms with Crippen molar-refractivity contribution in [2.45, 2.75) is 6.92 Å². The van der Waals surface area contributed by atoms with Crippen LogP contribution in [0.25, 0.3) is 0 Å². The van der Waals surface area contributed by atoms with Gasteiger partial charge in [0.05, 0.1) is 0 Å². The number of amides is 1. The molecule has 0 bridgehead atoms. The molecular formula is C20H16FNO2. The van der Waals surface area contributed by atoms with Crippen molar-refractivity contribution >= 4 is 11.6 Å². The summed E-state index contributed by atoms with van der Waals surface area (Å²) in [6.07, 6.45) is 0. The van der Waals surface area contributed by atoms with Crippen molar-refractivity contribution in [3.63, 3.8) is 0 Å². The summed E-state index contributed by atoms with van der Waals surface area (Å²) in [5.41, 5.74) is 1.99. The zero-order chi connectivity index (χ0) is 16.9. The molecule has 3 aromatic rings. The second kappa shape index (κ2) is 6.96. The molecule has 0 fully saturated rings. The van der Waals surface area contributed by atoms with Crippen molar-refractivity contribution < 1.29 is 13.9 Å². The molecule has 1 N–H and O–H groups in total. The van der Waals surface area contributed by atoms with Gasteiger partial charge in [0.1, 0.15) is 17.3 Å². The average Bonchev–Trinajstić information content (AvgIpc) is 2.57. The number of aryl methyl sites for hydroxylation is 1. The summed E-state index contributed by atoms with van der Waals surface area (Å²) in [7, 11) is 0. The lowest BCUT2D eigenvalue weighted by Gasteiger charge is -2.09. The van der Waals surface area contributed by atoms with Crippen LogP contribution < -0.4 is 10.1 Å². The van der Waals surface area contributed by atoms with E-state index in [4.69, 9.17) is 4.74 Å². The highest BCUT2D eigenvalue weighted by atomic mass is 19.1. The minimum Gasteiger partial charge on any atom is -0.457 e. The first-order valence-electron chi connectivity index (χ1n) is 7.52. The number of nitrogens with one attached hydrogen (secondary N) is 1. The van der Waals surface area contributed by atoms with Gasteiger partial charge in [0.15, 0.2) is 0 Å². The number of hydrogen-bond acceptors (Lipinski definition) is 2. The topological polar surface area (TPSA) is 38.3 Å². The molecule has 0 saturated carbocycles. The number of halogens is 1. The van der Waals surface area contributed by atoms with Crippen LogP contribution in [0.2, 0.25) is 0 Å². The van der Waals surface area contributed by atoms with Gasteiger partial charge in [-0.15, -0.1) is 0 Å². The maximum Gasteiger partial charge on any atom is 0.255 e. The second-order valence-electron chi connectivity index (χ2n) is 5.41. The maximum atomic E-state index is 13.2. The van der Waals surface area contributed by atoms with Crippen LogP contribution in [0.1, 0.15) is 15.9 Å². The van der Waals surface area contributed by atoms with Gasteiger partial charge in [0.2, 0.25) is 0 Å². The Labute approximate surface area is 139 Å². The quantitative estimate of drug-likeness (QED) is 0.719. The lowest BCUT2D eigenvalue weighted by atomic mass is 10.2. The molecule has 0 spiro atoms. The van der Waals surface area contributed by atoms with Gasteiger partial charge < -0.3 is 10.1 Å². The number of ether oxygens (including phenoxy) is 1. The van der Waals surface area contributed by atoms with Gasteiger partial charge in [-0.25, -0.2) is 4.39 Å². The van der Waals surface area contributed by atoms with Gasteiger partial charge in [-0.2, -0.15) is 0 Å². The Bertz CT molecular complexity index is 860. The molecular weight excluding hydrogens is 305 g/mol. The standard InChI is InChI=1S/C20H16FNO2/c1-14-8-10-18(11-9-14)24-19-7-3-6-17(13-19)22-20(23)15-4-2-5-16(21)12-15/h2-13H,1H3,(H,22,23). The van der Waals surface area contributed by atoms with E-state index in [0.717, 1.165) is 5.56 Å². The molecule has 0 aliphatic rings. The van der Waals surface area contributed by atoms with Gasteiger partial charge in [-0.1, -0.05) is 29.8 Å². The molecule has 0 atom stereocenters. The van der Waals surface area contributed by atoms with Crippen LogP contribution in [0, 0.1) is 12.7 Å². The summed E-state index contributed by atoms with van der Waals surface area (Å²) < 4.78 is 19.0. The van der Waals surface area contributed by atoms with Gasteiger partial charge in [-0.05, 0) is 49.4 Å². The van der Waals surface area contributed by atoms with Crippen LogP contribution in [0.4, 0.5) is 10.1 Å². The Morgan fingerprint density at radius 2 is 1.67 bits per heavy atom. The highest BCUT2D eigenvalue weighted by Crippen LogP contribution is 2.24. The highest BCUT2D eigenvalue weighted by Gasteiger charge is 2.07. The monoisotopic (exact) mass is 321 g/mol. The molecule has 120 valence electrons. The van der Waals surface area contributed by atoms with Crippen LogP contribution in [-0.4, -0.2) is 5.91 Å². The molecule has 24 heavy (non-hydrogen) atoms. The molecule has 3 aromatic carbocycles. The van der Waals surface area contributed by atoms with E-state index >= 15 is 0 Å². The predicted molar refractivity (Wildman–Crippen MR) is 92.0 cm³/mol. The molecule has 3 rings (SSSR count). The first-order chi connectivity index (χ1) is 11.6. The third kappa shape index (κ3) is 3.98. The number of carbonyl (C=O) groups excluding carboxylic acids is 1. The summed E-state index contributed by atoms with van der Waals surface area (Å²) >= 11 is 0. The number of hydrogen-bond donors (Lipinski definition) is 1. The minimum atomic E-state index is -0.445. The first-order valence-corrected chi connectivity index (χ1v) is 7.52. The molecule has 0 aliphatic heterocycles. The van der Waals surface area contributed by atoms with Crippen molar-refractivity contribution in [2.24, 2.45) is 0 Å². The minimum absolute atomic E-state index is 0.264. The Balaban J connectivity index is 1.73. The Morgan fingerprint density at radius 1 is 0.917 bits per heavy atom. The molecule has 4 heteroatoms. The Hall–Kier alpha value is -3.14. The van der Waals surface area contributed by atoms with E-state index in [2.05, 4.69) is 5.32 Å². The highest BCUT2D eigenvalue weighted by molar-refractivity contribution is 6.04. The number of benzene rings is 3. The smallest absolute Gasteiger partial charge is 0.255 e. The summed E-state index contributed by atoms with van der Waals surface area (Å²) in [6, 6.07) is 20.3. The predicted octanol–water partition coefficient (Wildman–Crippen LogP) is 5.18. The van der Waals surface area contributed by atoms with Crippen LogP contribution in [0.3, 0.4) is 0 Å². The van der Waals surface area contributed by atoms with Gasteiger partial charge >= 0.3 is 0 Å². The molecule has 0 unspecified atom stereocenters. The van der Waals surface area contributed by atoms with Crippen LogP contribution in [-0.2, 0) is 0 Å². The molecule has 0 saturated heterocycles. The van der Waals surface area contributed by atoms with Crippen molar-refractivity contribution in [3.05, 3.63) is 89.7 Å². The summed E-state index contributed by atoms with van der Waals surface area (Å²) in [4.78, 5) is 12.2. The molecule has 1 amide bonds. The number of rotatable bonds is 4. The summed E-state index contributed by atoms with van der Waals surface area (Å²) in [6.45, 7) is 2.01. The van der Waals surface area contributed by atoms with Gasteiger partial charge in [0.25, 0.3) is 5.91 Å². The molecule has 0 aromatic heterocycles. The van der Waals surface area contributed by atoms with E-state index in [1.807, 2.05) is 31.2 Å². The molecule has 0 radical (unpaired) electrons. The zero-order valence-corrected chi connectivity index (χ0v) is 13.1. The lowest BCUT2D eigenvalue weighted by molar-refractivity contribution is 0.102. The van der Waals surface area contributed by atoms with Crippen LogP contribution in [0.15, 0.2) is 72.8 Å². The normalized spacial score (nSPS) is 10.2. The third-order valence-electron chi connectivity index (χ3n) is 3.44. The summed E-state index contributed by atoms with van der Waals surface area (Å²) in [5.74, 6) is 0.506. The second-order valence-corrected chi connectivity index (χ2v) is 5.41. The van der Waals surface area contributed by atoms with Crippen molar-refractivity contribution in [1.29, 1.82) is 0 Å². The SMILES string of the molecule is Cc1ccc(Oc2cccc(NC(=O)c3cccc(F)c3)c2)cc1. The average molecular weight is 321 g/mol. The largest absolute Gasteiger partial charge is 0.457 e. The molecule has 0 aliphatic carbocycles. The fourth-order valence-electron chi connectivity index (χ4n) is 2.21. The van der Waals surface area contributed by atoms with Crippen molar-refractivity contribution in [3.8, 4) is 11.5 Å². The Kier molecular flexibility index (Phi) is 4.57. The third-order valence-corrected chi connectivity index (χ3v) is 3.44. The van der Waals surface area contributed by atoms with E-state index in [1.165, 1.54) is 18.2 Å². The lowest BCUT2D eigenvalue weighted by Crippen LogP contribution is -2.11. The van der Waals surface area contributed by atoms with E-state index < -0.39 is 5.82 Å². The maximum absolute atomic E-state index is 13.2. The van der Waals surface area contributed by atoms with Crippen LogP contribution in [0.5, 0.6) is 11.5 Å². The van der Waals surface area contributed by atoms with Gasteiger partial charge in [-0.3, -0.25) is 4.79 Å². The van der Waals surface area contributed by atoms with Crippen molar-refractivity contribution in [2.75, 3.05) is 5.32 Å². The fourth-order valence-corrected chi connectivity index (χ4v) is 2.21. The number of anilines is 1. The van der Waals surface area contributed by atoms with E-state index in [9.17, 15) is 9.18 Å².